The minimum Gasteiger partial charge on any atom is -0.483 e. The standard InChI is InChI=1S/C27H22F2N2O6/c1-15-8-16(2)17(3)26(9-15)37-22-12-19(11-20(13-22)31(33)34)30-27(32)25-7-5-21(36-25)14-35-24-6-4-18(28)10-23(24)29/h4-13H,14H2,1-3H3,(H,30,32). The van der Waals surface area contributed by atoms with Gasteiger partial charge in [0.05, 0.1) is 16.7 Å². The minimum absolute atomic E-state index is 0.0997. The van der Waals surface area contributed by atoms with Crippen molar-refractivity contribution >= 4 is 17.3 Å². The number of ether oxygens (including phenoxy) is 2. The second-order valence-corrected chi connectivity index (χ2v) is 8.36. The van der Waals surface area contributed by atoms with Crippen LogP contribution in [0.5, 0.6) is 17.2 Å². The largest absolute Gasteiger partial charge is 0.483 e. The lowest BCUT2D eigenvalue weighted by Gasteiger charge is -2.13. The third kappa shape index (κ3) is 6.10. The van der Waals surface area contributed by atoms with E-state index < -0.39 is 22.5 Å². The molecule has 0 spiro atoms. The average Bonchev–Trinajstić information content (AvgIpc) is 3.31. The molecule has 1 heterocycles. The Morgan fingerprint density at radius 1 is 1.00 bits per heavy atom. The molecule has 4 aromatic rings. The molecular weight excluding hydrogens is 486 g/mol. The summed E-state index contributed by atoms with van der Waals surface area (Å²) in [5, 5.41) is 14.0. The van der Waals surface area contributed by atoms with Gasteiger partial charge in [0.15, 0.2) is 17.3 Å². The number of hydrogen-bond acceptors (Lipinski definition) is 6. The lowest BCUT2D eigenvalue weighted by atomic mass is 10.1. The summed E-state index contributed by atoms with van der Waals surface area (Å²) in [5.74, 6) is -1.62. The monoisotopic (exact) mass is 508 g/mol. The topological polar surface area (TPSA) is 104 Å². The third-order valence-corrected chi connectivity index (χ3v) is 5.50. The first-order chi connectivity index (χ1) is 17.6. The number of furan rings is 1. The lowest BCUT2D eigenvalue weighted by molar-refractivity contribution is -0.384. The van der Waals surface area contributed by atoms with Crippen LogP contribution in [0, 0.1) is 42.5 Å². The van der Waals surface area contributed by atoms with Gasteiger partial charge in [-0.05, 0) is 67.8 Å². The number of nitrogens with zero attached hydrogens (tertiary/aromatic N) is 1. The summed E-state index contributed by atoms with van der Waals surface area (Å²) in [5.41, 5.74) is 2.71. The van der Waals surface area contributed by atoms with Gasteiger partial charge < -0.3 is 19.2 Å². The molecule has 0 aliphatic heterocycles. The van der Waals surface area contributed by atoms with Crippen LogP contribution in [0.3, 0.4) is 0 Å². The van der Waals surface area contributed by atoms with E-state index in [2.05, 4.69) is 5.32 Å². The molecule has 1 N–H and O–H groups in total. The number of halogens is 2. The number of nitrogens with one attached hydrogen (secondary N) is 1. The Bertz CT molecular complexity index is 1500. The molecule has 37 heavy (non-hydrogen) atoms. The highest BCUT2D eigenvalue weighted by molar-refractivity contribution is 6.02. The first-order valence-electron chi connectivity index (χ1n) is 11.1. The molecule has 190 valence electrons. The van der Waals surface area contributed by atoms with E-state index in [1.165, 1.54) is 30.3 Å². The van der Waals surface area contributed by atoms with Gasteiger partial charge in [0.1, 0.15) is 29.7 Å². The van der Waals surface area contributed by atoms with Crippen molar-refractivity contribution < 1.29 is 32.4 Å². The first kappa shape index (κ1) is 25.4. The van der Waals surface area contributed by atoms with E-state index in [0.29, 0.717) is 11.8 Å². The van der Waals surface area contributed by atoms with Crippen molar-refractivity contribution in [3.05, 3.63) is 111 Å². The number of nitro groups is 1. The average molecular weight is 508 g/mol. The number of hydrogen-bond donors (Lipinski definition) is 1. The van der Waals surface area contributed by atoms with Gasteiger partial charge in [-0.2, -0.15) is 0 Å². The predicted molar refractivity (Wildman–Crippen MR) is 131 cm³/mol. The Labute approximate surface area is 210 Å². The molecule has 0 fully saturated rings. The van der Waals surface area contributed by atoms with Gasteiger partial charge in [-0.1, -0.05) is 6.07 Å². The number of carbonyl (C=O) groups is 1. The van der Waals surface area contributed by atoms with E-state index in [1.807, 2.05) is 32.9 Å². The Morgan fingerprint density at radius 3 is 2.51 bits per heavy atom. The summed E-state index contributed by atoms with van der Waals surface area (Å²) >= 11 is 0. The third-order valence-electron chi connectivity index (χ3n) is 5.50. The van der Waals surface area contributed by atoms with E-state index >= 15 is 0 Å². The fourth-order valence-electron chi connectivity index (χ4n) is 3.56. The maximum Gasteiger partial charge on any atom is 0.291 e. The molecule has 0 bridgehead atoms. The second kappa shape index (κ2) is 10.5. The van der Waals surface area contributed by atoms with Crippen molar-refractivity contribution in [2.75, 3.05) is 5.32 Å². The molecule has 0 saturated heterocycles. The molecule has 8 nitrogen and oxygen atoms in total. The van der Waals surface area contributed by atoms with Crippen molar-refractivity contribution in [1.29, 1.82) is 0 Å². The van der Waals surface area contributed by atoms with Crippen LogP contribution >= 0.6 is 0 Å². The second-order valence-electron chi connectivity index (χ2n) is 8.36. The Kier molecular flexibility index (Phi) is 7.19. The Hall–Kier alpha value is -4.73. The summed E-state index contributed by atoms with van der Waals surface area (Å²) in [6.45, 7) is 5.52. The number of rotatable bonds is 8. The van der Waals surface area contributed by atoms with E-state index in [4.69, 9.17) is 13.9 Å². The van der Waals surface area contributed by atoms with Gasteiger partial charge in [-0.15, -0.1) is 0 Å². The number of non-ortho nitro benzene ring substituents is 1. The molecule has 0 atom stereocenters. The summed E-state index contributed by atoms with van der Waals surface area (Å²) in [7, 11) is 0. The van der Waals surface area contributed by atoms with Gasteiger partial charge in [-0.25, -0.2) is 8.78 Å². The van der Waals surface area contributed by atoms with E-state index in [1.54, 1.807) is 0 Å². The Balaban J connectivity index is 1.50. The molecule has 0 aliphatic rings. The molecule has 1 aromatic heterocycles. The fraction of sp³-hybridized carbons (Fsp3) is 0.148. The van der Waals surface area contributed by atoms with Gasteiger partial charge in [0.2, 0.25) is 0 Å². The van der Waals surface area contributed by atoms with Crippen LogP contribution < -0.4 is 14.8 Å². The van der Waals surface area contributed by atoms with Crippen LogP contribution in [0.15, 0.2) is 65.1 Å². The van der Waals surface area contributed by atoms with Crippen LogP contribution in [-0.4, -0.2) is 10.8 Å². The van der Waals surface area contributed by atoms with Gasteiger partial charge >= 0.3 is 0 Å². The minimum atomic E-state index is -0.871. The summed E-state index contributed by atoms with van der Waals surface area (Å²) < 4.78 is 43.4. The first-order valence-corrected chi connectivity index (χ1v) is 11.1. The number of anilines is 1. The van der Waals surface area contributed by atoms with Crippen molar-refractivity contribution in [2.24, 2.45) is 0 Å². The zero-order valence-electron chi connectivity index (χ0n) is 20.1. The predicted octanol–water partition coefficient (Wildman–Crippen LogP) is 7.01. The van der Waals surface area contributed by atoms with Crippen LogP contribution in [-0.2, 0) is 6.61 Å². The highest BCUT2D eigenvalue weighted by Gasteiger charge is 2.17. The zero-order chi connectivity index (χ0) is 26.7. The number of benzene rings is 3. The number of nitro benzene ring substituents is 1. The molecule has 3 aromatic carbocycles. The van der Waals surface area contributed by atoms with Crippen LogP contribution in [0.2, 0.25) is 0 Å². The van der Waals surface area contributed by atoms with Crippen molar-refractivity contribution in [3.63, 3.8) is 0 Å². The molecular formula is C27H22F2N2O6. The highest BCUT2D eigenvalue weighted by Crippen LogP contribution is 2.33. The van der Waals surface area contributed by atoms with E-state index in [0.717, 1.165) is 28.8 Å². The summed E-state index contributed by atoms with van der Waals surface area (Å²) in [6.07, 6.45) is 0. The van der Waals surface area contributed by atoms with Crippen LogP contribution in [0.25, 0.3) is 0 Å². The number of aryl methyl sites for hydroxylation is 2. The molecule has 0 unspecified atom stereocenters. The molecule has 10 heteroatoms. The van der Waals surface area contributed by atoms with E-state index in [9.17, 15) is 23.7 Å². The number of carbonyl (C=O) groups excluding carboxylic acids is 1. The van der Waals surface area contributed by atoms with Crippen LogP contribution in [0.1, 0.15) is 33.0 Å². The zero-order valence-corrected chi connectivity index (χ0v) is 20.1. The molecule has 0 aliphatic carbocycles. The van der Waals surface area contributed by atoms with Gasteiger partial charge in [0, 0.05) is 18.2 Å². The van der Waals surface area contributed by atoms with Crippen molar-refractivity contribution in [2.45, 2.75) is 27.4 Å². The van der Waals surface area contributed by atoms with Gasteiger partial charge in [-0.3, -0.25) is 14.9 Å². The summed E-state index contributed by atoms with van der Waals surface area (Å²) in [4.78, 5) is 23.6. The highest BCUT2D eigenvalue weighted by atomic mass is 19.1. The normalized spacial score (nSPS) is 10.7. The molecule has 0 radical (unpaired) electrons. The molecule has 0 saturated carbocycles. The maximum atomic E-state index is 13.7. The lowest BCUT2D eigenvalue weighted by Crippen LogP contribution is -2.11. The van der Waals surface area contributed by atoms with Crippen molar-refractivity contribution in [1.82, 2.24) is 0 Å². The molecule has 1 amide bonds. The Morgan fingerprint density at radius 2 is 1.78 bits per heavy atom. The smallest absolute Gasteiger partial charge is 0.291 e. The fourth-order valence-corrected chi connectivity index (χ4v) is 3.56. The quantitative estimate of drug-likeness (QED) is 0.203. The maximum absolute atomic E-state index is 13.7. The summed E-state index contributed by atoms with van der Waals surface area (Å²) in [6, 6.07) is 13.5. The number of amides is 1. The SMILES string of the molecule is Cc1cc(C)c(C)c(Oc2cc(NC(=O)c3ccc(COc4ccc(F)cc4F)o3)cc([N+](=O)[O-])c2)c1. The molecule has 4 rings (SSSR count). The van der Waals surface area contributed by atoms with Crippen molar-refractivity contribution in [3.8, 4) is 17.2 Å². The van der Waals surface area contributed by atoms with E-state index in [-0.39, 0.29) is 41.0 Å². The van der Waals surface area contributed by atoms with Crippen LogP contribution in [0.4, 0.5) is 20.2 Å². The van der Waals surface area contributed by atoms with Gasteiger partial charge in [0.25, 0.3) is 11.6 Å².